The van der Waals surface area contributed by atoms with Crippen LogP contribution in [-0.4, -0.2) is 0 Å². The van der Waals surface area contributed by atoms with Gasteiger partial charge in [-0.2, -0.15) is 0 Å². The molecule has 80 valence electrons. The summed E-state index contributed by atoms with van der Waals surface area (Å²) in [7, 11) is 0. The Kier molecular flexibility index (Phi) is 3.43. The highest BCUT2D eigenvalue weighted by Gasteiger charge is 2.02. The Morgan fingerprint density at radius 1 is 1.06 bits per heavy atom. The Morgan fingerprint density at radius 2 is 1.88 bits per heavy atom. The standard InChI is InChI=1S/C15H13Cl/c1-2-6-12-7-5-8-13(11-12)14-9-3-4-10-15(14)16/h2-5,7-11H,1,6H2. The van der Waals surface area contributed by atoms with E-state index in [-0.39, 0.29) is 0 Å². The fraction of sp³-hybridized carbons (Fsp3) is 0.0667. The van der Waals surface area contributed by atoms with Gasteiger partial charge >= 0.3 is 0 Å². The molecule has 1 heteroatoms. The molecule has 0 aliphatic carbocycles. The Morgan fingerprint density at radius 3 is 2.62 bits per heavy atom. The van der Waals surface area contributed by atoms with E-state index in [1.807, 2.05) is 30.3 Å². The molecule has 16 heavy (non-hydrogen) atoms. The van der Waals surface area contributed by atoms with E-state index in [0.29, 0.717) is 0 Å². The third-order valence-corrected chi connectivity index (χ3v) is 2.82. The summed E-state index contributed by atoms with van der Waals surface area (Å²) in [6.07, 6.45) is 2.80. The molecular weight excluding hydrogens is 216 g/mol. The Labute approximate surface area is 101 Å². The zero-order valence-corrected chi connectivity index (χ0v) is 9.74. The fourth-order valence-electron chi connectivity index (χ4n) is 1.73. The van der Waals surface area contributed by atoms with Crippen LogP contribution in [0.3, 0.4) is 0 Å². The molecule has 2 aromatic carbocycles. The van der Waals surface area contributed by atoms with E-state index in [9.17, 15) is 0 Å². The van der Waals surface area contributed by atoms with Crippen LogP contribution in [0.4, 0.5) is 0 Å². The van der Waals surface area contributed by atoms with E-state index in [1.165, 1.54) is 5.56 Å². The molecule has 0 amide bonds. The maximum atomic E-state index is 6.17. The SMILES string of the molecule is C=CCc1cccc(-c2ccccc2Cl)c1. The van der Waals surface area contributed by atoms with Gasteiger partial charge < -0.3 is 0 Å². The van der Waals surface area contributed by atoms with Gasteiger partial charge in [0.2, 0.25) is 0 Å². The number of benzene rings is 2. The molecule has 0 atom stereocenters. The lowest BCUT2D eigenvalue weighted by Gasteiger charge is -2.05. The van der Waals surface area contributed by atoms with Gasteiger partial charge in [-0.05, 0) is 23.6 Å². The number of hydrogen-bond donors (Lipinski definition) is 0. The normalized spacial score (nSPS) is 10.1. The summed E-state index contributed by atoms with van der Waals surface area (Å²) in [5.74, 6) is 0. The highest BCUT2D eigenvalue weighted by Crippen LogP contribution is 2.27. The predicted molar refractivity (Wildman–Crippen MR) is 70.8 cm³/mol. The van der Waals surface area contributed by atoms with Crippen molar-refractivity contribution in [1.82, 2.24) is 0 Å². The highest BCUT2D eigenvalue weighted by atomic mass is 35.5. The molecule has 0 spiro atoms. The molecule has 0 unspecified atom stereocenters. The molecule has 0 aromatic heterocycles. The molecule has 2 rings (SSSR count). The van der Waals surface area contributed by atoms with Gasteiger partial charge in [-0.25, -0.2) is 0 Å². The third kappa shape index (κ3) is 2.34. The number of rotatable bonds is 3. The van der Waals surface area contributed by atoms with Gasteiger partial charge in [-0.15, -0.1) is 6.58 Å². The predicted octanol–water partition coefficient (Wildman–Crippen LogP) is 4.74. The Hall–Kier alpha value is -1.53. The topological polar surface area (TPSA) is 0 Å². The lowest BCUT2D eigenvalue weighted by atomic mass is 10.0. The second kappa shape index (κ2) is 5.00. The second-order valence-corrected chi connectivity index (χ2v) is 4.08. The zero-order valence-electron chi connectivity index (χ0n) is 8.99. The van der Waals surface area contributed by atoms with Crippen LogP contribution < -0.4 is 0 Å². The van der Waals surface area contributed by atoms with Crippen LogP contribution in [0, 0.1) is 0 Å². The zero-order chi connectivity index (χ0) is 11.4. The molecule has 0 aliphatic rings. The molecule has 0 radical (unpaired) electrons. The quantitative estimate of drug-likeness (QED) is 0.666. The van der Waals surface area contributed by atoms with Crippen LogP contribution in [0.1, 0.15) is 5.56 Å². The molecule has 0 fully saturated rings. The maximum absolute atomic E-state index is 6.17. The van der Waals surface area contributed by atoms with Crippen molar-refractivity contribution < 1.29 is 0 Å². The van der Waals surface area contributed by atoms with E-state index < -0.39 is 0 Å². The summed E-state index contributed by atoms with van der Waals surface area (Å²) in [6, 6.07) is 16.3. The molecule has 2 aromatic rings. The van der Waals surface area contributed by atoms with Crippen molar-refractivity contribution in [3.05, 3.63) is 71.8 Å². The van der Waals surface area contributed by atoms with Crippen molar-refractivity contribution in [3.8, 4) is 11.1 Å². The van der Waals surface area contributed by atoms with Crippen molar-refractivity contribution in [2.75, 3.05) is 0 Å². The first-order valence-electron chi connectivity index (χ1n) is 5.26. The lowest BCUT2D eigenvalue weighted by Crippen LogP contribution is -1.84. The van der Waals surface area contributed by atoms with Crippen LogP contribution in [-0.2, 0) is 6.42 Å². The maximum Gasteiger partial charge on any atom is 0.0484 e. The fourth-order valence-corrected chi connectivity index (χ4v) is 1.97. The second-order valence-electron chi connectivity index (χ2n) is 3.67. The van der Waals surface area contributed by atoms with Crippen molar-refractivity contribution in [2.45, 2.75) is 6.42 Å². The van der Waals surface area contributed by atoms with Gasteiger partial charge in [0.15, 0.2) is 0 Å². The molecule has 0 saturated carbocycles. The summed E-state index contributed by atoms with van der Waals surface area (Å²) in [5.41, 5.74) is 3.49. The largest absolute Gasteiger partial charge is 0.103 e. The summed E-state index contributed by atoms with van der Waals surface area (Å²) < 4.78 is 0. The van der Waals surface area contributed by atoms with Crippen molar-refractivity contribution in [3.63, 3.8) is 0 Å². The van der Waals surface area contributed by atoms with E-state index in [2.05, 4.69) is 30.8 Å². The molecule has 0 nitrogen and oxygen atoms in total. The number of hydrogen-bond acceptors (Lipinski definition) is 0. The minimum absolute atomic E-state index is 0.790. The number of allylic oxidation sites excluding steroid dienone is 1. The summed E-state index contributed by atoms with van der Waals surface area (Å²) in [5, 5.41) is 0.790. The van der Waals surface area contributed by atoms with Gasteiger partial charge in [-0.3, -0.25) is 0 Å². The van der Waals surface area contributed by atoms with Gasteiger partial charge in [0.05, 0.1) is 0 Å². The lowest BCUT2D eigenvalue weighted by molar-refractivity contribution is 1.28. The first-order chi connectivity index (χ1) is 7.81. The molecule has 0 aliphatic heterocycles. The minimum Gasteiger partial charge on any atom is -0.103 e. The van der Waals surface area contributed by atoms with E-state index in [1.54, 1.807) is 0 Å². The highest BCUT2D eigenvalue weighted by molar-refractivity contribution is 6.33. The molecule has 0 saturated heterocycles. The van der Waals surface area contributed by atoms with Gasteiger partial charge in [0.1, 0.15) is 0 Å². The average molecular weight is 229 g/mol. The van der Waals surface area contributed by atoms with Crippen LogP contribution in [0.25, 0.3) is 11.1 Å². The van der Waals surface area contributed by atoms with Crippen molar-refractivity contribution in [2.24, 2.45) is 0 Å². The average Bonchev–Trinajstić information content (AvgIpc) is 2.30. The van der Waals surface area contributed by atoms with Crippen molar-refractivity contribution >= 4 is 11.6 Å². The Balaban J connectivity index is 2.44. The van der Waals surface area contributed by atoms with E-state index in [0.717, 1.165) is 22.6 Å². The van der Waals surface area contributed by atoms with Crippen LogP contribution in [0.2, 0.25) is 5.02 Å². The first kappa shape index (κ1) is 11.0. The van der Waals surface area contributed by atoms with E-state index >= 15 is 0 Å². The van der Waals surface area contributed by atoms with Gasteiger partial charge in [0.25, 0.3) is 0 Å². The molecule has 0 bridgehead atoms. The summed E-state index contributed by atoms with van der Waals surface area (Å²) in [4.78, 5) is 0. The third-order valence-electron chi connectivity index (χ3n) is 2.49. The molecule has 0 N–H and O–H groups in total. The van der Waals surface area contributed by atoms with E-state index in [4.69, 9.17) is 11.6 Å². The minimum atomic E-state index is 0.790. The smallest absolute Gasteiger partial charge is 0.0484 e. The van der Waals surface area contributed by atoms with Crippen LogP contribution in [0.15, 0.2) is 61.2 Å². The first-order valence-corrected chi connectivity index (χ1v) is 5.64. The summed E-state index contributed by atoms with van der Waals surface area (Å²) in [6.45, 7) is 3.75. The van der Waals surface area contributed by atoms with Crippen molar-refractivity contribution in [1.29, 1.82) is 0 Å². The monoisotopic (exact) mass is 228 g/mol. The molecule has 0 heterocycles. The van der Waals surface area contributed by atoms with Gasteiger partial charge in [0, 0.05) is 10.6 Å². The Bertz CT molecular complexity index is 500. The summed E-state index contributed by atoms with van der Waals surface area (Å²) >= 11 is 6.17. The molecular formula is C15H13Cl. The van der Waals surface area contributed by atoms with Crippen LogP contribution >= 0.6 is 11.6 Å². The number of halogens is 1. The van der Waals surface area contributed by atoms with Gasteiger partial charge in [-0.1, -0.05) is 60.1 Å². The van der Waals surface area contributed by atoms with Crippen LogP contribution in [0.5, 0.6) is 0 Å².